The van der Waals surface area contributed by atoms with Crippen molar-refractivity contribution in [2.75, 3.05) is 27.1 Å². The molecular formula is C19H18F2O6. The number of carbonyl (C=O) groups is 2. The molecule has 0 aliphatic heterocycles. The second-order valence-corrected chi connectivity index (χ2v) is 5.35. The van der Waals surface area contributed by atoms with Crippen LogP contribution in [0.4, 0.5) is 8.78 Å². The Morgan fingerprint density at radius 3 is 1.70 bits per heavy atom. The highest BCUT2D eigenvalue weighted by Gasteiger charge is 2.20. The van der Waals surface area contributed by atoms with Crippen LogP contribution >= 0.6 is 0 Å². The molecule has 0 saturated heterocycles. The van der Waals surface area contributed by atoms with E-state index in [1.807, 2.05) is 0 Å². The fourth-order valence-corrected chi connectivity index (χ4v) is 2.05. The number of hydrogen-bond donors (Lipinski definition) is 0. The van der Waals surface area contributed by atoms with Gasteiger partial charge in [0.05, 0.1) is 11.1 Å². The molecule has 2 aromatic rings. The van der Waals surface area contributed by atoms with Crippen molar-refractivity contribution in [3.8, 4) is 0 Å². The van der Waals surface area contributed by atoms with Crippen LogP contribution in [-0.2, 0) is 18.9 Å². The molecular weight excluding hydrogens is 362 g/mol. The second kappa shape index (κ2) is 10.3. The number of rotatable bonds is 9. The van der Waals surface area contributed by atoms with Crippen molar-refractivity contribution in [3.05, 3.63) is 71.3 Å². The van der Waals surface area contributed by atoms with Crippen LogP contribution in [0.2, 0.25) is 0 Å². The van der Waals surface area contributed by atoms with Crippen LogP contribution in [0.1, 0.15) is 20.7 Å². The Morgan fingerprint density at radius 2 is 1.30 bits per heavy atom. The molecule has 0 atom stereocenters. The predicted octanol–water partition coefficient (Wildman–Crippen LogP) is 2.97. The molecule has 0 N–H and O–H groups in total. The van der Waals surface area contributed by atoms with E-state index in [0.717, 1.165) is 12.1 Å². The Morgan fingerprint density at radius 1 is 0.852 bits per heavy atom. The van der Waals surface area contributed by atoms with Crippen LogP contribution in [0.5, 0.6) is 0 Å². The third-order valence-electron chi connectivity index (χ3n) is 3.41. The van der Waals surface area contributed by atoms with Crippen molar-refractivity contribution >= 4 is 11.9 Å². The highest BCUT2D eigenvalue weighted by atomic mass is 19.1. The topological polar surface area (TPSA) is 71.1 Å². The monoisotopic (exact) mass is 380 g/mol. The number of halogens is 2. The van der Waals surface area contributed by atoms with Gasteiger partial charge in [-0.25, -0.2) is 18.4 Å². The molecule has 0 saturated carbocycles. The van der Waals surface area contributed by atoms with Crippen molar-refractivity contribution in [1.82, 2.24) is 0 Å². The minimum Gasteiger partial charge on any atom is -0.459 e. The van der Waals surface area contributed by atoms with Crippen molar-refractivity contribution in [1.29, 1.82) is 0 Å². The molecule has 0 heterocycles. The lowest BCUT2D eigenvalue weighted by Gasteiger charge is -2.17. The number of esters is 2. The largest absolute Gasteiger partial charge is 0.459 e. The number of carbonyl (C=O) groups excluding carboxylic acids is 2. The van der Waals surface area contributed by atoms with Gasteiger partial charge in [-0.3, -0.25) is 0 Å². The average Bonchev–Trinajstić information content (AvgIpc) is 2.67. The molecule has 0 fully saturated rings. The zero-order chi connectivity index (χ0) is 19.6. The summed E-state index contributed by atoms with van der Waals surface area (Å²) in [5.74, 6) is -3.22. The van der Waals surface area contributed by atoms with Gasteiger partial charge in [-0.05, 0) is 24.3 Å². The van der Waals surface area contributed by atoms with Crippen LogP contribution in [-0.4, -0.2) is 45.2 Å². The summed E-state index contributed by atoms with van der Waals surface area (Å²) in [7, 11) is 1.38. The highest BCUT2D eigenvalue weighted by molar-refractivity contribution is 5.90. The minimum absolute atomic E-state index is 0.154. The van der Waals surface area contributed by atoms with Crippen LogP contribution in [0, 0.1) is 11.6 Å². The zero-order valence-electron chi connectivity index (χ0n) is 14.5. The van der Waals surface area contributed by atoms with E-state index in [-0.39, 0.29) is 31.1 Å². The molecule has 0 bridgehead atoms. The first-order valence-electron chi connectivity index (χ1n) is 7.96. The number of benzene rings is 2. The van der Waals surface area contributed by atoms with E-state index < -0.39 is 29.7 Å². The van der Waals surface area contributed by atoms with Crippen LogP contribution in [0.25, 0.3) is 0 Å². The van der Waals surface area contributed by atoms with Crippen molar-refractivity contribution in [2.24, 2.45) is 0 Å². The maximum absolute atomic E-state index is 13.6. The maximum Gasteiger partial charge on any atom is 0.341 e. The van der Waals surface area contributed by atoms with Crippen molar-refractivity contribution in [2.45, 2.75) is 6.10 Å². The summed E-state index contributed by atoms with van der Waals surface area (Å²) in [5, 5.41) is 0. The quantitative estimate of drug-likeness (QED) is 0.492. The lowest BCUT2D eigenvalue weighted by atomic mass is 10.2. The van der Waals surface area contributed by atoms with Crippen LogP contribution < -0.4 is 0 Å². The smallest absolute Gasteiger partial charge is 0.341 e. The molecule has 2 rings (SSSR count). The van der Waals surface area contributed by atoms with Gasteiger partial charge in [0, 0.05) is 7.11 Å². The predicted molar refractivity (Wildman–Crippen MR) is 90.1 cm³/mol. The number of hydrogen-bond acceptors (Lipinski definition) is 6. The molecule has 0 spiro atoms. The van der Waals surface area contributed by atoms with E-state index in [1.165, 1.54) is 43.5 Å². The molecule has 6 nitrogen and oxygen atoms in total. The molecule has 0 aromatic heterocycles. The molecule has 0 aliphatic carbocycles. The summed E-state index contributed by atoms with van der Waals surface area (Å²) < 4.78 is 47.2. The summed E-state index contributed by atoms with van der Waals surface area (Å²) in [6.45, 7) is -0.790. The summed E-state index contributed by atoms with van der Waals surface area (Å²) in [6, 6.07) is 10.7. The van der Waals surface area contributed by atoms with E-state index >= 15 is 0 Å². The summed E-state index contributed by atoms with van der Waals surface area (Å²) in [5.41, 5.74) is -0.460. The Bertz CT molecular complexity index is 719. The van der Waals surface area contributed by atoms with E-state index in [0.29, 0.717) is 0 Å². The van der Waals surface area contributed by atoms with E-state index in [4.69, 9.17) is 18.9 Å². The van der Waals surface area contributed by atoms with E-state index in [2.05, 4.69) is 0 Å². The highest BCUT2D eigenvalue weighted by Crippen LogP contribution is 2.11. The minimum atomic E-state index is -0.889. The lowest BCUT2D eigenvalue weighted by Crippen LogP contribution is -2.29. The van der Waals surface area contributed by atoms with Crippen molar-refractivity contribution in [3.63, 3.8) is 0 Å². The Hall–Kier alpha value is -2.84. The van der Waals surface area contributed by atoms with Gasteiger partial charge in [-0.15, -0.1) is 0 Å². The molecule has 0 radical (unpaired) electrons. The standard InChI is InChI=1S/C19H18F2O6/c1-24-12-27-13(10-25-18(22)14-6-2-4-8-16(14)20)11-26-19(23)15-7-3-5-9-17(15)21/h2-9,13H,10-12H2,1H3. The van der Waals surface area contributed by atoms with E-state index in [9.17, 15) is 18.4 Å². The number of ether oxygens (including phenoxy) is 4. The number of methoxy groups -OCH3 is 1. The zero-order valence-corrected chi connectivity index (χ0v) is 14.5. The van der Waals surface area contributed by atoms with E-state index in [1.54, 1.807) is 0 Å². The Balaban J connectivity index is 1.92. The first-order chi connectivity index (χ1) is 13.0. The third-order valence-corrected chi connectivity index (χ3v) is 3.41. The molecule has 2 aromatic carbocycles. The van der Waals surface area contributed by atoms with Gasteiger partial charge in [-0.1, -0.05) is 24.3 Å². The van der Waals surface area contributed by atoms with Gasteiger partial charge in [0.25, 0.3) is 0 Å². The lowest BCUT2D eigenvalue weighted by molar-refractivity contribution is -0.106. The molecule has 8 heteroatoms. The fourth-order valence-electron chi connectivity index (χ4n) is 2.05. The molecule has 27 heavy (non-hydrogen) atoms. The summed E-state index contributed by atoms with van der Waals surface area (Å²) in [6.07, 6.45) is -0.878. The fraction of sp³-hybridized carbons (Fsp3) is 0.263. The third kappa shape index (κ3) is 6.12. The SMILES string of the molecule is COCOC(COC(=O)c1ccccc1F)COC(=O)c1ccccc1F. The van der Waals surface area contributed by atoms with Crippen molar-refractivity contribution < 1.29 is 37.3 Å². The average molecular weight is 380 g/mol. The normalized spacial score (nSPS) is 10.7. The van der Waals surface area contributed by atoms with Gasteiger partial charge in [0.1, 0.15) is 37.7 Å². The first-order valence-corrected chi connectivity index (χ1v) is 7.96. The first kappa shape index (κ1) is 20.5. The summed E-state index contributed by atoms with van der Waals surface area (Å²) >= 11 is 0. The Labute approximate surface area is 154 Å². The van der Waals surface area contributed by atoms with Gasteiger partial charge in [-0.2, -0.15) is 0 Å². The maximum atomic E-state index is 13.6. The second-order valence-electron chi connectivity index (χ2n) is 5.35. The van der Waals surface area contributed by atoms with Gasteiger partial charge in [0.2, 0.25) is 0 Å². The summed E-state index contributed by atoms with van der Waals surface area (Å²) in [4.78, 5) is 23.9. The molecule has 144 valence electrons. The molecule has 0 aliphatic rings. The van der Waals surface area contributed by atoms with Gasteiger partial charge >= 0.3 is 11.9 Å². The molecule has 0 amide bonds. The van der Waals surface area contributed by atoms with Gasteiger partial charge < -0.3 is 18.9 Å². The van der Waals surface area contributed by atoms with Crippen LogP contribution in [0.3, 0.4) is 0 Å². The molecule has 0 unspecified atom stereocenters. The van der Waals surface area contributed by atoms with Gasteiger partial charge in [0.15, 0.2) is 0 Å². The Kier molecular flexibility index (Phi) is 7.84. The van der Waals surface area contributed by atoms with Crippen LogP contribution in [0.15, 0.2) is 48.5 Å².